The highest BCUT2D eigenvalue weighted by Crippen LogP contribution is 2.28. The summed E-state index contributed by atoms with van der Waals surface area (Å²) in [7, 11) is -3.30. The molecule has 0 saturated carbocycles. The number of benzene rings is 1. The molecule has 0 N–H and O–H groups in total. The molecule has 1 aromatic carbocycles. The third-order valence-corrected chi connectivity index (χ3v) is 6.95. The van der Waals surface area contributed by atoms with E-state index in [0.29, 0.717) is 31.8 Å². The number of nitrogens with zero attached hydrogens (tertiary/aromatic N) is 6. The van der Waals surface area contributed by atoms with E-state index in [1.54, 1.807) is 6.20 Å². The van der Waals surface area contributed by atoms with Gasteiger partial charge in [-0.25, -0.2) is 18.4 Å². The van der Waals surface area contributed by atoms with Gasteiger partial charge in [-0.3, -0.25) is 9.67 Å². The minimum Gasteiger partial charge on any atom is -0.268 e. The molecule has 0 atom stereocenters. The molecule has 4 aromatic rings. The first-order valence-corrected chi connectivity index (χ1v) is 12.6. The Morgan fingerprint density at radius 2 is 1.82 bits per heavy atom. The van der Waals surface area contributed by atoms with E-state index in [9.17, 15) is 8.42 Å². The molecule has 5 rings (SSSR count). The number of rotatable bonds is 6. The molecule has 0 unspecified atom stereocenters. The van der Waals surface area contributed by atoms with E-state index in [1.807, 2.05) is 65.6 Å². The molecule has 3 aromatic heterocycles. The first kappa shape index (κ1) is 21.4. The SMILES string of the molecule is CS(=O)(=O)N1CCc2c(nc(Cc3ccccc3)nc2-c2ccn(Cc3cccnc3)n2)C1. The maximum absolute atomic E-state index is 12.2. The maximum atomic E-state index is 12.2. The Morgan fingerprint density at radius 1 is 1.00 bits per heavy atom. The molecule has 0 saturated heterocycles. The molecule has 168 valence electrons. The second kappa shape index (κ2) is 8.84. The van der Waals surface area contributed by atoms with Crippen molar-refractivity contribution in [2.75, 3.05) is 12.8 Å². The van der Waals surface area contributed by atoms with Crippen LogP contribution in [0.3, 0.4) is 0 Å². The zero-order valence-electron chi connectivity index (χ0n) is 18.3. The van der Waals surface area contributed by atoms with Crippen molar-refractivity contribution in [3.8, 4) is 11.4 Å². The average Bonchev–Trinajstić information content (AvgIpc) is 3.27. The van der Waals surface area contributed by atoms with Crippen LogP contribution in [0.25, 0.3) is 11.4 Å². The molecule has 8 nitrogen and oxygen atoms in total. The quantitative estimate of drug-likeness (QED) is 0.439. The van der Waals surface area contributed by atoms with E-state index in [4.69, 9.17) is 15.1 Å². The van der Waals surface area contributed by atoms with E-state index in [1.165, 1.54) is 10.6 Å². The number of hydrogen-bond acceptors (Lipinski definition) is 6. The molecular formula is C24H24N6O2S. The number of pyridine rings is 1. The van der Waals surface area contributed by atoms with Crippen LogP contribution in [0.2, 0.25) is 0 Å². The lowest BCUT2D eigenvalue weighted by Gasteiger charge is -2.27. The van der Waals surface area contributed by atoms with Crippen LogP contribution in [0.5, 0.6) is 0 Å². The number of aromatic nitrogens is 5. The van der Waals surface area contributed by atoms with Crippen LogP contribution in [-0.4, -0.2) is 50.3 Å². The molecule has 0 fully saturated rings. The van der Waals surface area contributed by atoms with Crippen LogP contribution >= 0.6 is 0 Å². The molecule has 9 heteroatoms. The lowest BCUT2D eigenvalue weighted by atomic mass is 10.0. The van der Waals surface area contributed by atoms with Crippen LogP contribution in [-0.2, 0) is 36.0 Å². The summed E-state index contributed by atoms with van der Waals surface area (Å²) < 4.78 is 27.7. The Morgan fingerprint density at radius 3 is 2.58 bits per heavy atom. The van der Waals surface area contributed by atoms with Crippen LogP contribution in [0, 0.1) is 0 Å². The highest BCUT2D eigenvalue weighted by molar-refractivity contribution is 7.88. The van der Waals surface area contributed by atoms with Gasteiger partial charge in [0.1, 0.15) is 11.5 Å². The fourth-order valence-electron chi connectivity index (χ4n) is 4.06. The Balaban J connectivity index is 1.53. The molecule has 0 radical (unpaired) electrons. The highest BCUT2D eigenvalue weighted by atomic mass is 32.2. The Bertz CT molecular complexity index is 1370. The second-order valence-corrected chi connectivity index (χ2v) is 10.2. The van der Waals surface area contributed by atoms with E-state index in [2.05, 4.69) is 4.98 Å². The van der Waals surface area contributed by atoms with Gasteiger partial charge >= 0.3 is 0 Å². The van der Waals surface area contributed by atoms with Crippen LogP contribution < -0.4 is 0 Å². The van der Waals surface area contributed by atoms with Crippen LogP contribution in [0.15, 0.2) is 67.1 Å². The van der Waals surface area contributed by atoms with E-state index < -0.39 is 10.0 Å². The molecule has 0 bridgehead atoms. The zero-order valence-corrected chi connectivity index (χ0v) is 19.1. The largest absolute Gasteiger partial charge is 0.268 e. The van der Waals surface area contributed by atoms with Gasteiger partial charge in [0, 0.05) is 37.1 Å². The fraction of sp³-hybridized carbons (Fsp3) is 0.250. The first-order chi connectivity index (χ1) is 16.0. The van der Waals surface area contributed by atoms with Gasteiger partial charge in [-0.1, -0.05) is 36.4 Å². The molecule has 0 aliphatic carbocycles. The molecule has 1 aliphatic heterocycles. The lowest BCUT2D eigenvalue weighted by Crippen LogP contribution is -2.36. The zero-order chi connectivity index (χ0) is 22.8. The third-order valence-electron chi connectivity index (χ3n) is 5.70. The number of fused-ring (bicyclic) bond motifs is 1. The number of sulfonamides is 1. The summed E-state index contributed by atoms with van der Waals surface area (Å²) in [6.45, 7) is 1.28. The van der Waals surface area contributed by atoms with E-state index in [0.717, 1.165) is 33.8 Å². The van der Waals surface area contributed by atoms with Crippen molar-refractivity contribution < 1.29 is 8.42 Å². The summed E-state index contributed by atoms with van der Waals surface area (Å²) in [4.78, 5) is 13.8. The number of hydrogen-bond donors (Lipinski definition) is 0. The molecular weight excluding hydrogens is 436 g/mol. The Labute approximate surface area is 193 Å². The van der Waals surface area contributed by atoms with Gasteiger partial charge < -0.3 is 0 Å². The topological polar surface area (TPSA) is 93.9 Å². The summed E-state index contributed by atoms with van der Waals surface area (Å²) in [5.41, 5.74) is 5.43. The normalized spacial score (nSPS) is 14.2. The molecule has 4 heterocycles. The smallest absolute Gasteiger partial charge is 0.211 e. The Kier molecular flexibility index (Phi) is 5.74. The van der Waals surface area contributed by atoms with Gasteiger partial charge in [-0.2, -0.15) is 9.40 Å². The van der Waals surface area contributed by atoms with Crippen LogP contribution in [0.4, 0.5) is 0 Å². The van der Waals surface area contributed by atoms with Crippen molar-refractivity contribution >= 4 is 10.0 Å². The van der Waals surface area contributed by atoms with E-state index in [-0.39, 0.29) is 6.54 Å². The average molecular weight is 461 g/mol. The van der Waals surface area contributed by atoms with Gasteiger partial charge in [0.15, 0.2) is 0 Å². The second-order valence-electron chi connectivity index (χ2n) is 8.18. The predicted octanol–water partition coefficient (Wildman–Crippen LogP) is 2.69. The monoisotopic (exact) mass is 460 g/mol. The maximum Gasteiger partial charge on any atom is 0.211 e. The van der Waals surface area contributed by atoms with Gasteiger partial charge in [0.25, 0.3) is 0 Å². The van der Waals surface area contributed by atoms with Gasteiger partial charge in [0.2, 0.25) is 10.0 Å². The van der Waals surface area contributed by atoms with Crippen molar-refractivity contribution in [1.82, 2.24) is 29.0 Å². The van der Waals surface area contributed by atoms with Gasteiger partial charge in [0.05, 0.1) is 30.7 Å². The lowest BCUT2D eigenvalue weighted by molar-refractivity contribution is 0.387. The molecule has 1 aliphatic rings. The van der Waals surface area contributed by atoms with Crippen molar-refractivity contribution in [3.05, 3.63) is 95.3 Å². The molecule has 0 amide bonds. The van der Waals surface area contributed by atoms with Crippen molar-refractivity contribution in [2.24, 2.45) is 0 Å². The summed E-state index contributed by atoms with van der Waals surface area (Å²) in [5, 5.41) is 4.77. The minimum atomic E-state index is -3.30. The standard InChI is InChI=1S/C24H24N6O2S/c1-33(31,32)30-13-9-20-22(17-30)26-23(14-18-6-3-2-4-7-18)27-24(20)21-10-12-29(28-21)16-19-8-5-11-25-15-19/h2-8,10-12,15H,9,13-14,16-17H2,1H3. The summed E-state index contributed by atoms with van der Waals surface area (Å²) >= 11 is 0. The van der Waals surface area contributed by atoms with E-state index >= 15 is 0 Å². The van der Waals surface area contributed by atoms with Gasteiger partial charge in [-0.05, 0) is 29.7 Å². The van der Waals surface area contributed by atoms with Crippen LogP contribution in [0.1, 0.15) is 28.2 Å². The Hall–Kier alpha value is -3.43. The highest BCUT2D eigenvalue weighted by Gasteiger charge is 2.28. The summed E-state index contributed by atoms with van der Waals surface area (Å²) in [6.07, 6.45) is 7.87. The molecule has 0 spiro atoms. The fourth-order valence-corrected chi connectivity index (χ4v) is 4.84. The summed E-state index contributed by atoms with van der Waals surface area (Å²) in [6, 6.07) is 15.9. The first-order valence-electron chi connectivity index (χ1n) is 10.8. The minimum absolute atomic E-state index is 0.252. The predicted molar refractivity (Wildman–Crippen MR) is 125 cm³/mol. The molecule has 33 heavy (non-hydrogen) atoms. The van der Waals surface area contributed by atoms with Gasteiger partial charge in [-0.15, -0.1) is 0 Å². The van der Waals surface area contributed by atoms with Crippen molar-refractivity contribution in [2.45, 2.75) is 25.9 Å². The van der Waals surface area contributed by atoms with Crippen molar-refractivity contribution in [3.63, 3.8) is 0 Å². The summed E-state index contributed by atoms with van der Waals surface area (Å²) in [5.74, 6) is 0.659. The van der Waals surface area contributed by atoms with Crippen molar-refractivity contribution in [1.29, 1.82) is 0 Å². The third kappa shape index (κ3) is 4.84.